The summed E-state index contributed by atoms with van der Waals surface area (Å²) in [6.45, 7) is -0.728. The van der Waals surface area contributed by atoms with Gasteiger partial charge in [0, 0.05) is 4.47 Å². The Bertz CT molecular complexity index is 1000. The molecular weight excluding hydrogens is 455 g/mol. The summed E-state index contributed by atoms with van der Waals surface area (Å²) in [5.74, 6) is -1.69. The molecule has 1 fully saturated rings. The standard InChI is InChI=1S/C19H13BrF3N3O3/c20-12-7-5-11(6-8-12)9-15-17(28)26(18(29)25-15)10-16(27)24-14-4-2-1-3-13(14)19(21,22)23/h1-9H,10H2,(H,24,27)(H,25,29)/b15-9-. The first kappa shape index (κ1) is 20.6. The van der Waals surface area contributed by atoms with Crippen molar-refractivity contribution in [3.63, 3.8) is 0 Å². The van der Waals surface area contributed by atoms with Crippen LogP contribution < -0.4 is 10.6 Å². The zero-order valence-corrected chi connectivity index (χ0v) is 16.2. The highest BCUT2D eigenvalue weighted by Crippen LogP contribution is 2.34. The molecule has 1 aliphatic heterocycles. The van der Waals surface area contributed by atoms with Crippen LogP contribution in [-0.4, -0.2) is 29.3 Å². The first-order valence-electron chi connectivity index (χ1n) is 8.21. The fourth-order valence-corrected chi connectivity index (χ4v) is 2.88. The first-order chi connectivity index (χ1) is 13.6. The second-order valence-electron chi connectivity index (χ2n) is 6.02. The highest BCUT2D eigenvalue weighted by molar-refractivity contribution is 9.10. The third-order valence-electron chi connectivity index (χ3n) is 3.95. The summed E-state index contributed by atoms with van der Waals surface area (Å²) in [5, 5.41) is 4.45. The van der Waals surface area contributed by atoms with E-state index in [1.165, 1.54) is 18.2 Å². The van der Waals surface area contributed by atoms with Crippen molar-refractivity contribution < 1.29 is 27.6 Å². The maximum atomic E-state index is 13.0. The van der Waals surface area contributed by atoms with Gasteiger partial charge in [0.1, 0.15) is 12.2 Å². The van der Waals surface area contributed by atoms with E-state index < -0.39 is 41.8 Å². The molecule has 150 valence electrons. The number of urea groups is 1. The van der Waals surface area contributed by atoms with Gasteiger partial charge in [-0.3, -0.25) is 9.59 Å². The quantitative estimate of drug-likeness (QED) is 0.526. The molecule has 2 aromatic carbocycles. The molecule has 4 amide bonds. The number of para-hydroxylation sites is 1. The number of hydrogen-bond acceptors (Lipinski definition) is 3. The second-order valence-corrected chi connectivity index (χ2v) is 6.94. The topological polar surface area (TPSA) is 78.5 Å². The lowest BCUT2D eigenvalue weighted by atomic mass is 10.1. The first-order valence-corrected chi connectivity index (χ1v) is 9.00. The molecular formula is C19H13BrF3N3O3. The summed E-state index contributed by atoms with van der Waals surface area (Å²) in [6.07, 6.45) is -3.23. The highest BCUT2D eigenvalue weighted by atomic mass is 79.9. The van der Waals surface area contributed by atoms with E-state index in [2.05, 4.69) is 26.6 Å². The van der Waals surface area contributed by atoms with E-state index in [1.807, 2.05) is 0 Å². The smallest absolute Gasteiger partial charge is 0.324 e. The molecule has 10 heteroatoms. The van der Waals surface area contributed by atoms with Crippen LogP contribution in [0.1, 0.15) is 11.1 Å². The van der Waals surface area contributed by atoms with E-state index >= 15 is 0 Å². The Balaban J connectivity index is 1.72. The van der Waals surface area contributed by atoms with Crippen molar-refractivity contribution in [3.8, 4) is 0 Å². The van der Waals surface area contributed by atoms with Gasteiger partial charge in [-0.25, -0.2) is 9.69 Å². The minimum Gasteiger partial charge on any atom is -0.324 e. The lowest BCUT2D eigenvalue weighted by Gasteiger charge is -2.15. The summed E-state index contributed by atoms with van der Waals surface area (Å²) in [6, 6.07) is 10.5. The van der Waals surface area contributed by atoms with Crippen molar-refractivity contribution in [1.82, 2.24) is 10.2 Å². The number of alkyl halides is 3. The second kappa shape index (κ2) is 8.08. The molecule has 2 aromatic rings. The van der Waals surface area contributed by atoms with Gasteiger partial charge in [0.05, 0.1) is 11.3 Å². The Morgan fingerprint density at radius 1 is 1.10 bits per heavy atom. The third kappa shape index (κ3) is 4.83. The Hall–Kier alpha value is -3.14. The number of amides is 4. The minimum atomic E-state index is -4.66. The zero-order chi connectivity index (χ0) is 21.2. The Morgan fingerprint density at radius 3 is 2.41 bits per heavy atom. The molecule has 0 saturated carbocycles. The molecule has 0 bridgehead atoms. The number of imide groups is 1. The van der Waals surface area contributed by atoms with E-state index in [0.717, 1.165) is 16.6 Å². The molecule has 3 rings (SSSR count). The van der Waals surface area contributed by atoms with E-state index in [-0.39, 0.29) is 5.70 Å². The molecule has 0 spiro atoms. The van der Waals surface area contributed by atoms with Crippen molar-refractivity contribution in [2.24, 2.45) is 0 Å². The van der Waals surface area contributed by atoms with Crippen LogP contribution >= 0.6 is 15.9 Å². The molecule has 29 heavy (non-hydrogen) atoms. The van der Waals surface area contributed by atoms with E-state index in [0.29, 0.717) is 10.5 Å². The normalized spacial score (nSPS) is 15.6. The number of benzene rings is 2. The maximum absolute atomic E-state index is 13.0. The van der Waals surface area contributed by atoms with Gasteiger partial charge in [-0.05, 0) is 35.9 Å². The summed E-state index contributed by atoms with van der Waals surface area (Å²) >= 11 is 3.28. The van der Waals surface area contributed by atoms with Gasteiger partial charge in [-0.1, -0.05) is 40.2 Å². The summed E-state index contributed by atoms with van der Waals surface area (Å²) in [5.41, 5.74) is -0.882. The van der Waals surface area contributed by atoms with Crippen LogP contribution in [0, 0.1) is 0 Å². The lowest BCUT2D eigenvalue weighted by molar-refractivity contribution is -0.137. The molecule has 0 atom stereocenters. The van der Waals surface area contributed by atoms with Crippen molar-refractivity contribution in [3.05, 3.63) is 69.8 Å². The predicted octanol–water partition coefficient (Wildman–Crippen LogP) is 4.00. The number of hydrogen-bond donors (Lipinski definition) is 2. The van der Waals surface area contributed by atoms with Crippen LogP contribution in [0.5, 0.6) is 0 Å². The van der Waals surface area contributed by atoms with Crippen LogP contribution in [0.2, 0.25) is 0 Å². The Labute approximate surface area is 171 Å². The van der Waals surface area contributed by atoms with Gasteiger partial charge in [0.15, 0.2) is 0 Å². The maximum Gasteiger partial charge on any atom is 0.418 e. The van der Waals surface area contributed by atoms with Crippen molar-refractivity contribution >= 4 is 45.5 Å². The molecule has 0 aromatic heterocycles. The predicted molar refractivity (Wildman–Crippen MR) is 102 cm³/mol. The van der Waals surface area contributed by atoms with E-state index in [4.69, 9.17) is 0 Å². The monoisotopic (exact) mass is 467 g/mol. The van der Waals surface area contributed by atoms with Crippen LogP contribution in [-0.2, 0) is 15.8 Å². The lowest BCUT2D eigenvalue weighted by Crippen LogP contribution is -2.38. The van der Waals surface area contributed by atoms with Crippen LogP contribution in [0.25, 0.3) is 6.08 Å². The number of nitrogens with one attached hydrogen (secondary N) is 2. The Kier molecular flexibility index (Phi) is 5.73. The fraction of sp³-hybridized carbons (Fsp3) is 0.105. The average Bonchev–Trinajstić information content (AvgIpc) is 2.90. The molecule has 0 unspecified atom stereocenters. The van der Waals surface area contributed by atoms with Gasteiger partial charge >= 0.3 is 12.2 Å². The molecule has 1 saturated heterocycles. The zero-order valence-electron chi connectivity index (χ0n) is 14.6. The number of anilines is 1. The van der Waals surface area contributed by atoms with Crippen LogP contribution in [0.3, 0.4) is 0 Å². The highest BCUT2D eigenvalue weighted by Gasteiger charge is 2.36. The SMILES string of the molecule is O=C(CN1C(=O)N/C(=C\c2ccc(Br)cc2)C1=O)Nc1ccccc1C(F)(F)F. The number of nitrogens with zero attached hydrogens (tertiary/aromatic N) is 1. The van der Waals surface area contributed by atoms with Crippen LogP contribution in [0.15, 0.2) is 58.7 Å². The van der Waals surface area contributed by atoms with Gasteiger partial charge in [-0.2, -0.15) is 13.2 Å². The van der Waals surface area contributed by atoms with Crippen molar-refractivity contribution in [2.45, 2.75) is 6.18 Å². The van der Waals surface area contributed by atoms with Gasteiger partial charge in [0.2, 0.25) is 5.91 Å². The number of halogens is 4. The summed E-state index contributed by atoms with van der Waals surface area (Å²) < 4.78 is 39.9. The van der Waals surface area contributed by atoms with Crippen molar-refractivity contribution in [1.29, 1.82) is 0 Å². The number of carbonyl (C=O) groups is 3. The molecule has 0 aliphatic carbocycles. The number of carbonyl (C=O) groups excluding carboxylic acids is 3. The van der Waals surface area contributed by atoms with Crippen LogP contribution in [0.4, 0.5) is 23.7 Å². The minimum absolute atomic E-state index is 0.0409. The van der Waals surface area contributed by atoms with E-state index in [1.54, 1.807) is 24.3 Å². The summed E-state index contributed by atoms with van der Waals surface area (Å²) in [4.78, 5) is 37.2. The van der Waals surface area contributed by atoms with Gasteiger partial charge in [-0.15, -0.1) is 0 Å². The number of rotatable bonds is 4. The van der Waals surface area contributed by atoms with Gasteiger partial charge < -0.3 is 10.6 Å². The molecule has 1 heterocycles. The average molecular weight is 468 g/mol. The van der Waals surface area contributed by atoms with E-state index in [9.17, 15) is 27.6 Å². The molecule has 6 nitrogen and oxygen atoms in total. The summed E-state index contributed by atoms with van der Waals surface area (Å²) in [7, 11) is 0. The fourth-order valence-electron chi connectivity index (χ4n) is 2.61. The molecule has 1 aliphatic rings. The molecule has 0 radical (unpaired) electrons. The third-order valence-corrected chi connectivity index (χ3v) is 4.48. The van der Waals surface area contributed by atoms with Gasteiger partial charge in [0.25, 0.3) is 5.91 Å². The molecule has 2 N–H and O–H groups in total. The largest absolute Gasteiger partial charge is 0.418 e. The van der Waals surface area contributed by atoms with Crippen molar-refractivity contribution in [2.75, 3.05) is 11.9 Å². The Morgan fingerprint density at radius 2 is 1.76 bits per heavy atom.